The lowest BCUT2D eigenvalue weighted by molar-refractivity contribution is 0.512. The first kappa shape index (κ1) is 14.5. The van der Waals surface area contributed by atoms with Gasteiger partial charge in [0, 0.05) is 11.0 Å². The molecule has 0 fully saturated rings. The normalized spacial score (nSPS) is 11.2. The van der Waals surface area contributed by atoms with Gasteiger partial charge in [-0.3, -0.25) is 0 Å². The number of benzene rings is 2. The Labute approximate surface area is 133 Å². The van der Waals surface area contributed by atoms with Crippen LogP contribution in [0.25, 0.3) is 11.0 Å². The number of imidazole rings is 1. The van der Waals surface area contributed by atoms with E-state index < -0.39 is 11.6 Å². The van der Waals surface area contributed by atoms with Gasteiger partial charge in [0.25, 0.3) is 0 Å². The standard InChI is InChI=1S/C15H10BrClF2N2/c16-10-3-1-9(2-4-10)8-21-13(7-17)20-12-6-5-11(18)14(19)15(12)21/h1-6H,7-8H2. The van der Waals surface area contributed by atoms with Crippen molar-refractivity contribution in [1.82, 2.24) is 9.55 Å². The third-order valence-electron chi connectivity index (χ3n) is 3.25. The number of rotatable bonds is 3. The lowest BCUT2D eigenvalue weighted by atomic mass is 10.2. The zero-order chi connectivity index (χ0) is 15.0. The number of nitrogens with zero attached hydrogens (tertiary/aromatic N) is 2. The average molecular weight is 372 g/mol. The van der Waals surface area contributed by atoms with E-state index in [4.69, 9.17) is 11.6 Å². The van der Waals surface area contributed by atoms with Crippen LogP contribution in [-0.4, -0.2) is 9.55 Å². The van der Waals surface area contributed by atoms with Crippen LogP contribution in [0.4, 0.5) is 8.78 Å². The molecular formula is C15H10BrClF2N2. The molecule has 0 N–H and O–H groups in total. The van der Waals surface area contributed by atoms with Crippen molar-refractivity contribution in [3.8, 4) is 0 Å². The highest BCUT2D eigenvalue weighted by molar-refractivity contribution is 9.10. The van der Waals surface area contributed by atoms with Gasteiger partial charge in [-0.15, -0.1) is 11.6 Å². The first-order valence-electron chi connectivity index (χ1n) is 6.23. The molecule has 0 aliphatic rings. The first-order chi connectivity index (χ1) is 10.1. The Kier molecular flexibility index (Phi) is 3.95. The number of hydrogen-bond donors (Lipinski definition) is 0. The monoisotopic (exact) mass is 370 g/mol. The van der Waals surface area contributed by atoms with Crippen molar-refractivity contribution in [3.05, 3.63) is 63.9 Å². The molecule has 0 saturated heterocycles. The van der Waals surface area contributed by atoms with Crippen molar-refractivity contribution >= 4 is 38.6 Å². The predicted octanol–water partition coefficient (Wildman–Crippen LogP) is 4.86. The van der Waals surface area contributed by atoms with Gasteiger partial charge in [0.05, 0.1) is 11.4 Å². The number of fused-ring (bicyclic) bond motifs is 1. The van der Waals surface area contributed by atoms with E-state index in [1.807, 2.05) is 24.3 Å². The topological polar surface area (TPSA) is 17.8 Å². The third-order valence-corrected chi connectivity index (χ3v) is 4.02. The van der Waals surface area contributed by atoms with Crippen molar-refractivity contribution < 1.29 is 8.78 Å². The molecule has 1 heterocycles. The van der Waals surface area contributed by atoms with Crippen molar-refractivity contribution in [1.29, 1.82) is 0 Å². The Hall–Kier alpha value is -1.46. The largest absolute Gasteiger partial charge is 0.320 e. The Bertz CT molecular complexity index is 800. The molecule has 3 aromatic rings. The molecule has 0 radical (unpaired) electrons. The highest BCUT2D eigenvalue weighted by Gasteiger charge is 2.17. The van der Waals surface area contributed by atoms with E-state index in [-0.39, 0.29) is 11.4 Å². The summed E-state index contributed by atoms with van der Waals surface area (Å²) in [7, 11) is 0. The SMILES string of the molecule is Fc1ccc2nc(CCl)n(Cc3ccc(Br)cc3)c2c1F. The van der Waals surface area contributed by atoms with Crippen LogP contribution in [0, 0.1) is 11.6 Å². The van der Waals surface area contributed by atoms with Gasteiger partial charge in [0.2, 0.25) is 0 Å². The maximum atomic E-state index is 14.1. The van der Waals surface area contributed by atoms with Crippen LogP contribution in [-0.2, 0) is 12.4 Å². The zero-order valence-corrected chi connectivity index (χ0v) is 13.1. The molecule has 0 atom stereocenters. The maximum Gasteiger partial charge on any atom is 0.184 e. The van der Waals surface area contributed by atoms with E-state index in [2.05, 4.69) is 20.9 Å². The quantitative estimate of drug-likeness (QED) is 0.601. The molecule has 0 unspecified atom stereocenters. The molecule has 2 aromatic carbocycles. The van der Waals surface area contributed by atoms with Crippen LogP contribution in [0.3, 0.4) is 0 Å². The van der Waals surface area contributed by atoms with E-state index >= 15 is 0 Å². The van der Waals surface area contributed by atoms with Gasteiger partial charge in [-0.1, -0.05) is 28.1 Å². The van der Waals surface area contributed by atoms with Crippen LogP contribution in [0.15, 0.2) is 40.9 Å². The Morgan fingerprint density at radius 3 is 2.48 bits per heavy atom. The van der Waals surface area contributed by atoms with Gasteiger partial charge >= 0.3 is 0 Å². The molecule has 2 nitrogen and oxygen atoms in total. The van der Waals surface area contributed by atoms with E-state index in [1.165, 1.54) is 6.07 Å². The molecule has 0 aliphatic carbocycles. The smallest absolute Gasteiger partial charge is 0.184 e. The zero-order valence-electron chi connectivity index (χ0n) is 10.8. The van der Waals surface area contributed by atoms with Crippen molar-refractivity contribution in [2.75, 3.05) is 0 Å². The van der Waals surface area contributed by atoms with E-state index in [0.29, 0.717) is 17.9 Å². The lowest BCUT2D eigenvalue weighted by Gasteiger charge is -2.09. The van der Waals surface area contributed by atoms with E-state index in [9.17, 15) is 8.78 Å². The molecule has 108 valence electrons. The molecule has 1 aromatic heterocycles. The summed E-state index contributed by atoms with van der Waals surface area (Å²) in [5, 5.41) is 0. The molecular weight excluding hydrogens is 362 g/mol. The summed E-state index contributed by atoms with van der Waals surface area (Å²) < 4.78 is 30.1. The molecule has 6 heteroatoms. The fraction of sp³-hybridized carbons (Fsp3) is 0.133. The summed E-state index contributed by atoms with van der Waals surface area (Å²) in [6.45, 7) is 0.381. The Morgan fingerprint density at radius 1 is 1.10 bits per heavy atom. The van der Waals surface area contributed by atoms with Crippen LogP contribution in [0.5, 0.6) is 0 Å². The third kappa shape index (κ3) is 2.68. The van der Waals surface area contributed by atoms with Crippen LogP contribution >= 0.6 is 27.5 Å². The molecule has 21 heavy (non-hydrogen) atoms. The number of halogens is 4. The summed E-state index contributed by atoms with van der Waals surface area (Å²) in [4.78, 5) is 4.26. The van der Waals surface area contributed by atoms with Gasteiger partial charge in [-0.05, 0) is 29.8 Å². The van der Waals surface area contributed by atoms with Gasteiger partial charge in [-0.25, -0.2) is 13.8 Å². The van der Waals surface area contributed by atoms with Gasteiger partial charge < -0.3 is 4.57 Å². The second-order valence-corrected chi connectivity index (χ2v) is 5.79. The number of aromatic nitrogens is 2. The van der Waals surface area contributed by atoms with E-state index in [0.717, 1.165) is 16.1 Å². The van der Waals surface area contributed by atoms with Crippen molar-refractivity contribution in [3.63, 3.8) is 0 Å². The van der Waals surface area contributed by atoms with Crippen molar-refractivity contribution in [2.24, 2.45) is 0 Å². The molecule has 0 spiro atoms. The Morgan fingerprint density at radius 2 is 1.81 bits per heavy atom. The van der Waals surface area contributed by atoms with Gasteiger partial charge in [0.15, 0.2) is 11.6 Å². The molecule has 0 bridgehead atoms. The first-order valence-corrected chi connectivity index (χ1v) is 7.56. The highest BCUT2D eigenvalue weighted by atomic mass is 79.9. The molecule has 0 amide bonds. The minimum Gasteiger partial charge on any atom is -0.320 e. The summed E-state index contributed by atoms with van der Waals surface area (Å²) in [6, 6.07) is 10.1. The fourth-order valence-electron chi connectivity index (χ4n) is 2.25. The maximum absolute atomic E-state index is 14.1. The highest BCUT2D eigenvalue weighted by Crippen LogP contribution is 2.24. The minimum atomic E-state index is -0.895. The number of hydrogen-bond acceptors (Lipinski definition) is 1. The molecule has 0 aliphatic heterocycles. The summed E-state index contributed by atoms with van der Waals surface area (Å²) >= 11 is 9.24. The van der Waals surface area contributed by atoms with Crippen LogP contribution in [0.2, 0.25) is 0 Å². The lowest BCUT2D eigenvalue weighted by Crippen LogP contribution is -2.05. The summed E-state index contributed by atoms with van der Waals surface area (Å²) in [5.41, 5.74) is 1.50. The summed E-state index contributed by atoms with van der Waals surface area (Å²) in [6.07, 6.45) is 0. The van der Waals surface area contributed by atoms with Crippen LogP contribution < -0.4 is 0 Å². The van der Waals surface area contributed by atoms with Crippen molar-refractivity contribution in [2.45, 2.75) is 12.4 Å². The number of alkyl halides is 1. The molecule has 0 saturated carbocycles. The fourth-order valence-corrected chi connectivity index (χ4v) is 2.72. The second-order valence-electron chi connectivity index (χ2n) is 4.60. The predicted molar refractivity (Wildman–Crippen MR) is 82.5 cm³/mol. The summed E-state index contributed by atoms with van der Waals surface area (Å²) in [5.74, 6) is -1.14. The van der Waals surface area contributed by atoms with E-state index in [1.54, 1.807) is 4.57 Å². The minimum absolute atomic E-state index is 0.131. The molecule has 3 rings (SSSR count). The van der Waals surface area contributed by atoms with Gasteiger partial charge in [0.1, 0.15) is 11.3 Å². The second kappa shape index (κ2) is 5.73. The Balaban J connectivity index is 2.15. The van der Waals surface area contributed by atoms with Gasteiger partial charge in [-0.2, -0.15) is 0 Å². The van der Waals surface area contributed by atoms with Crippen LogP contribution in [0.1, 0.15) is 11.4 Å². The average Bonchev–Trinajstić information content (AvgIpc) is 2.84.